The number of carbonyl (C=O) groups is 2. The fourth-order valence-corrected chi connectivity index (χ4v) is 3.25. The molecule has 1 aromatic heterocycles. The lowest BCUT2D eigenvalue weighted by atomic mass is 9.98. The van der Waals surface area contributed by atoms with Gasteiger partial charge in [0.15, 0.2) is 5.78 Å². The summed E-state index contributed by atoms with van der Waals surface area (Å²) in [6.45, 7) is 1.85. The summed E-state index contributed by atoms with van der Waals surface area (Å²) in [7, 11) is 0. The average Bonchev–Trinajstić information content (AvgIpc) is 2.79. The van der Waals surface area contributed by atoms with E-state index < -0.39 is 6.03 Å². The van der Waals surface area contributed by atoms with Crippen molar-refractivity contribution < 1.29 is 9.59 Å². The van der Waals surface area contributed by atoms with Crippen molar-refractivity contribution in [3.05, 3.63) is 106 Å². The zero-order chi connectivity index (χ0) is 21.8. The van der Waals surface area contributed by atoms with Crippen LogP contribution in [-0.4, -0.2) is 16.8 Å². The number of aromatic amines is 1. The standard InChI is InChI=1S/C24H20N4O3/c1-15-7-8-18(14-21(15)22(29)16-5-3-2-4-6-16)26-24(31)28-27-19-9-10-20-17(13-19)11-12-25-23(20)30/h2-14,27H,1H3,(H,25,30)(H2,26,28,31). The third-order valence-corrected chi connectivity index (χ3v) is 4.87. The van der Waals surface area contributed by atoms with Crippen molar-refractivity contribution >= 4 is 34.0 Å². The Morgan fingerprint density at radius 3 is 2.45 bits per heavy atom. The minimum absolute atomic E-state index is 0.105. The lowest BCUT2D eigenvalue weighted by molar-refractivity contribution is 0.103. The molecule has 0 saturated heterocycles. The molecule has 31 heavy (non-hydrogen) atoms. The van der Waals surface area contributed by atoms with Gasteiger partial charge in [0.05, 0.1) is 5.69 Å². The van der Waals surface area contributed by atoms with Gasteiger partial charge in [-0.25, -0.2) is 4.79 Å². The fourth-order valence-electron chi connectivity index (χ4n) is 3.25. The van der Waals surface area contributed by atoms with Gasteiger partial charge in [0.1, 0.15) is 0 Å². The van der Waals surface area contributed by atoms with Gasteiger partial charge in [0, 0.05) is 28.4 Å². The molecule has 4 aromatic rings. The first-order chi connectivity index (χ1) is 15.0. The third kappa shape index (κ3) is 4.45. The maximum atomic E-state index is 12.8. The normalized spacial score (nSPS) is 10.5. The number of fused-ring (bicyclic) bond motifs is 1. The summed E-state index contributed by atoms with van der Waals surface area (Å²) in [6.07, 6.45) is 1.57. The van der Waals surface area contributed by atoms with Crippen LogP contribution in [0.5, 0.6) is 0 Å². The summed E-state index contributed by atoms with van der Waals surface area (Å²) in [5.41, 5.74) is 8.24. The average molecular weight is 412 g/mol. The lowest BCUT2D eigenvalue weighted by Crippen LogP contribution is -2.33. The van der Waals surface area contributed by atoms with E-state index in [1.165, 1.54) is 0 Å². The Morgan fingerprint density at radius 1 is 0.871 bits per heavy atom. The summed E-state index contributed by atoms with van der Waals surface area (Å²) in [4.78, 5) is 39.5. The molecule has 2 amide bonds. The first-order valence-electron chi connectivity index (χ1n) is 9.66. The van der Waals surface area contributed by atoms with Crippen LogP contribution < -0.4 is 21.7 Å². The van der Waals surface area contributed by atoms with Crippen LogP contribution in [0.15, 0.2) is 83.8 Å². The minimum Gasteiger partial charge on any atom is -0.329 e. The van der Waals surface area contributed by atoms with Crippen LogP contribution in [0.3, 0.4) is 0 Å². The molecule has 0 unspecified atom stereocenters. The van der Waals surface area contributed by atoms with Gasteiger partial charge in [-0.2, -0.15) is 0 Å². The van der Waals surface area contributed by atoms with Crippen molar-refractivity contribution in [2.45, 2.75) is 6.92 Å². The largest absolute Gasteiger partial charge is 0.337 e. The number of urea groups is 1. The molecule has 0 aliphatic rings. The number of pyridine rings is 1. The molecule has 0 radical (unpaired) electrons. The van der Waals surface area contributed by atoms with Crippen LogP contribution in [0.4, 0.5) is 16.2 Å². The van der Waals surface area contributed by atoms with Crippen LogP contribution in [0.2, 0.25) is 0 Å². The van der Waals surface area contributed by atoms with Crippen molar-refractivity contribution in [1.29, 1.82) is 0 Å². The second-order valence-electron chi connectivity index (χ2n) is 7.04. The first kappa shape index (κ1) is 19.9. The maximum Gasteiger partial charge on any atom is 0.337 e. The monoisotopic (exact) mass is 412 g/mol. The highest BCUT2D eigenvalue weighted by Gasteiger charge is 2.13. The van der Waals surface area contributed by atoms with E-state index in [-0.39, 0.29) is 11.3 Å². The Labute approximate surface area is 178 Å². The molecule has 4 N–H and O–H groups in total. The number of aryl methyl sites for hydroxylation is 1. The molecular weight excluding hydrogens is 392 g/mol. The Morgan fingerprint density at radius 2 is 1.65 bits per heavy atom. The smallest absolute Gasteiger partial charge is 0.329 e. The summed E-state index contributed by atoms with van der Waals surface area (Å²) in [6, 6.07) is 20.6. The van der Waals surface area contributed by atoms with Gasteiger partial charge in [0.25, 0.3) is 5.56 Å². The zero-order valence-electron chi connectivity index (χ0n) is 16.7. The maximum absolute atomic E-state index is 12.8. The number of nitrogens with one attached hydrogen (secondary N) is 4. The number of hydrazine groups is 1. The number of H-pyrrole nitrogens is 1. The number of hydrogen-bond donors (Lipinski definition) is 4. The summed E-state index contributed by atoms with van der Waals surface area (Å²) >= 11 is 0. The van der Waals surface area contributed by atoms with Gasteiger partial charge in [-0.15, -0.1) is 0 Å². The molecule has 7 heteroatoms. The number of anilines is 2. The highest BCUT2D eigenvalue weighted by atomic mass is 16.2. The Bertz CT molecular complexity index is 1330. The Kier molecular flexibility index (Phi) is 5.49. The molecule has 0 atom stereocenters. The summed E-state index contributed by atoms with van der Waals surface area (Å²) in [5.74, 6) is -0.105. The van der Waals surface area contributed by atoms with Crippen LogP contribution in [0.25, 0.3) is 10.8 Å². The van der Waals surface area contributed by atoms with E-state index in [0.717, 1.165) is 10.9 Å². The summed E-state index contributed by atoms with van der Waals surface area (Å²) < 4.78 is 0. The highest BCUT2D eigenvalue weighted by Crippen LogP contribution is 2.19. The Balaban J connectivity index is 1.44. The van der Waals surface area contributed by atoms with Gasteiger partial charge < -0.3 is 10.3 Å². The number of rotatable bonds is 5. The molecular formula is C24H20N4O3. The molecule has 1 heterocycles. The van der Waals surface area contributed by atoms with Gasteiger partial charge >= 0.3 is 6.03 Å². The molecule has 0 aliphatic heterocycles. The van der Waals surface area contributed by atoms with Crippen molar-refractivity contribution in [1.82, 2.24) is 10.4 Å². The van der Waals surface area contributed by atoms with Crippen LogP contribution in [0.1, 0.15) is 21.5 Å². The molecule has 0 fully saturated rings. The number of carbonyl (C=O) groups excluding carboxylic acids is 2. The predicted octanol–water partition coefficient (Wildman–Crippen LogP) is 4.22. The van der Waals surface area contributed by atoms with Gasteiger partial charge in [-0.1, -0.05) is 36.4 Å². The van der Waals surface area contributed by atoms with E-state index in [2.05, 4.69) is 21.2 Å². The van der Waals surface area contributed by atoms with Crippen LogP contribution in [0, 0.1) is 6.92 Å². The molecule has 0 spiro atoms. The quantitative estimate of drug-likeness (QED) is 0.291. The van der Waals surface area contributed by atoms with Gasteiger partial charge in [0.2, 0.25) is 0 Å². The minimum atomic E-state index is -0.493. The second kappa shape index (κ2) is 8.54. The van der Waals surface area contributed by atoms with E-state index in [9.17, 15) is 14.4 Å². The fraction of sp³-hybridized carbons (Fsp3) is 0.0417. The SMILES string of the molecule is Cc1ccc(NC(=O)NNc2ccc3c(=O)[nH]ccc3c2)cc1C(=O)c1ccccc1. The number of hydrogen-bond acceptors (Lipinski definition) is 4. The predicted molar refractivity (Wildman–Crippen MR) is 121 cm³/mol. The summed E-state index contributed by atoms with van der Waals surface area (Å²) in [5, 5.41) is 4.02. The van der Waals surface area contributed by atoms with E-state index in [1.54, 1.807) is 60.8 Å². The molecule has 154 valence electrons. The number of amides is 2. The topological polar surface area (TPSA) is 103 Å². The van der Waals surface area contributed by atoms with E-state index >= 15 is 0 Å². The Hall–Kier alpha value is -4.39. The van der Waals surface area contributed by atoms with Crippen molar-refractivity contribution in [2.75, 3.05) is 10.7 Å². The van der Waals surface area contributed by atoms with E-state index in [1.807, 2.05) is 25.1 Å². The van der Waals surface area contributed by atoms with Crippen molar-refractivity contribution in [2.24, 2.45) is 0 Å². The van der Waals surface area contributed by atoms with E-state index in [0.29, 0.717) is 27.9 Å². The first-order valence-corrected chi connectivity index (χ1v) is 9.66. The zero-order valence-corrected chi connectivity index (χ0v) is 16.7. The molecule has 4 rings (SSSR count). The second-order valence-corrected chi connectivity index (χ2v) is 7.04. The van der Waals surface area contributed by atoms with Gasteiger partial charge in [-0.05, 0) is 54.3 Å². The number of ketones is 1. The van der Waals surface area contributed by atoms with Crippen molar-refractivity contribution in [3.8, 4) is 0 Å². The number of aromatic nitrogens is 1. The van der Waals surface area contributed by atoms with Gasteiger partial charge in [-0.3, -0.25) is 20.4 Å². The van der Waals surface area contributed by atoms with E-state index in [4.69, 9.17) is 0 Å². The van der Waals surface area contributed by atoms with Crippen LogP contribution >= 0.6 is 0 Å². The molecule has 7 nitrogen and oxygen atoms in total. The third-order valence-electron chi connectivity index (χ3n) is 4.87. The number of benzene rings is 3. The van der Waals surface area contributed by atoms with Crippen LogP contribution in [-0.2, 0) is 0 Å². The molecule has 0 bridgehead atoms. The molecule has 0 saturated carbocycles. The highest BCUT2D eigenvalue weighted by molar-refractivity contribution is 6.10. The molecule has 3 aromatic carbocycles. The molecule has 0 aliphatic carbocycles. The van der Waals surface area contributed by atoms with Crippen molar-refractivity contribution in [3.63, 3.8) is 0 Å². The lowest BCUT2D eigenvalue weighted by Gasteiger charge is -2.12.